The number of hydrogen-bond acceptors (Lipinski definition) is 3. The number of piperazine rings is 1. The van der Waals surface area contributed by atoms with Crippen molar-refractivity contribution in [3.05, 3.63) is 0 Å². The van der Waals surface area contributed by atoms with Crippen molar-refractivity contribution in [2.75, 3.05) is 52.4 Å². The summed E-state index contributed by atoms with van der Waals surface area (Å²) in [6.07, 6.45) is 0. The molecule has 5 nitrogen and oxygen atoms in total. The zero-order valence-corrected chi connectivity index (χ0v) is 13.1. The average Bonchev–Trinajstić information content (AvgIpc) is 2.39. The van der Waals surface area contributed by atoms with Crippen LogP contribution in [-0.4, -0.2) is 74.2 Å². The van der Waals surface area contributed by atoms with Gasteiger partial charge in [-0.15, -0.1) is 0 Å². The fourth-order valence-electron chi connectivity index (χ4n) is 2.23. The summed E-state index contributed by atoms with van der Waals surface area (Å²) in [6.45, 7) is 17.4. The lowest BCUT2D eigenvalue weighted by Gasteiger charge is -2.33. The smallest absolute Gasteiger partial charge is 0.191 e. The third kappa shape index (κ3) is 6.78. The van der Waals surface area contributed by atoms with Gasteiger partial charge in [0.2, 0.25) is 0 Å². The highest BCUT2D eigenvalue weighted by Gasteiger charge is 2.14. The number of rotatable bonds is 6. The van der Waals surface area contributed by atoms with Crippen molar-refractivity contribution in [2.45, 2.75) is 33.7 Å². The molecule has 1 saturated heterocycles. The van der Waals surface area contributed by atoms with Gasteiger partial charge in [-0.3, -0.25) is 9.89 Å². The SMILES string of the molecule is CCNC(=NCCN1CCN(CC)CC1)NC(C)C. The van der Waals surface area contributed by atoms with E-state index >= 15 is 0 Å². The second-order valence-corrected chi connectivity index (χ2v) is 5.34. The maximum Gasteiger partial charge on any atom is 0.191 e. The molecule has 0 amide bonds. The molecule has 1 aliphatic rings. The summed E-state index contributed by atoms with van der Waals surface area (Å²) in [5, 5.41) is 6.63. The summed E-state index contributed by atoms with van der Waals surface area (Å²) in [7, 11) is 0. The van der Waals surface area contributed by atoms with Crippen molar-refractivity contribution >= 4 is 5.96 Å². The maximum atomic E-state index is 4.63. The van der Waals surface area contributed by atoms with Crippen molar-refractivity contribution in [2.24, 2.45) is 4.99 Å². The van der Waals surface area contributed by atoms with E-state index in [9.17, 15) is 0 Å². The van der Waals surface area contributed by atoms with E-state index in [0.717, 1.165) is 25.6 Å². The highest BCUT2D eigenvalue weighted by atomic mass is 15.3. The molecule has 0 aromatic heterocycles. The molecule has 0 aromatic rings. The molecule has 2 N–H and O–H groups in total. The van der Waals surface area contributed by atoms with Crippen LogP contribution in [0, 0.1) is 0 Å². The molecule has 0 bridgehead atoms. The Bertz CT molecular complexity index is 257. The second-order valence-electron chi connectivity index (χ2n) is 5.34. The Hall–Kier alpha value is -0.810. The molecule has 1 aliphatic heterocycles. The van der Waals surface area contributed by atoms with Gasteiger partial charge in [-0.1, -0.05) is 6.92 Å². The standard InChI is InChI=1S/C14H31N5/c1-5-15-14(17-13(3)4)16-7-8-19-11-9-18(6-2)10-12-19/h13H,5-12H2,1-4H3,(H2,15,16,17). The zero-order valence-electron chi connectivity index (χ0n) is 13.1. The minimum Gasteiger partial charge on any atom is -0.357 e. The minimum atomic E-state index is 0.422. The van der Waals surface area contributed by atoms with Gasteiger partial charge in [0.15, 0.2) is 5.96 Å². The Morgan fingerprint density at radius 2 is 1.74 bits per heavy atom. The normalized spacial score (nSPS) is 18.9. The van der Waals surface area contributed by atoms with Crippen molar-refractivity contribution in [3.8, 4) is 0 Å². The summed E-state index contributed by atoms with van der Waals surface area (Å²) in [4.78, 5) is 9.64. The van der Waals surface area contributed by atoms with Gasteiger partial charge >= 0.3 is 0 Å². The third-order valence-electron chi connectivity index (χ3n) is 3.37. The molecule has 0 radical (unpaired) electrons. The Kier molecular flexibility index (Phi) is 7.82. The van der Waals surface area contributed by atoms with E-state index in [4.69, 9.17) is 0 Å². The largest absolute Gasteiger partial charge is 0.357 e. The molecule has 1 rings (SSSR count). The van der Waals surface area contributed by atoms with E-state index in [1.807, 2.05) is 0 Å². The minimum absolute atomic E-state index is 0.422. The van der Waals surface area contributed by atoms with Gasteiger partial charge in [0.1, 0.15) is 0 Å². The van der Waals surface area contributed by atoms with Crippen molar-refractivity contribution < 1.29 is 0 Å². The van der Waals surface area contributed by atoms with Crippen LogP contribution < -0.4 is 10.6 Å². The van der Waals surface area contributed by atoms with Crippen LogP contribution in [0.2, 0.25) is 0 Å². The van der Waals surface area contributed by atoms with E-state index in [1.165, 1.54) is 32.7 Å². The van der Waals surface area contributed by atoms with E-state index < -0.39 is 0 Å². The van der Waals surface area contributed by atoms with Gasteiger partial charge in [0.05, 0.1) is 6.54 Å². The van der Waals surface area contributed by atoms with E-state index in [-0.39, 0.29) is 0 Å². The molecule has 0 aromatic carbocycles. The Morgan fingerprint density at radius 1 is 1.11 bits per heavy atom. The lowest BCUT2D eigenvalue weighted by atomic mass is 10.3. The lowest BCUT2D eigenvalue weighted by molar-refractivity contribution is 0.140. The summed E-state index contributed by atoms with van der Waals surface area (Å²) in [5.74, 6) is 0.935. The number of guanidine groups is 1. The van der Waals surface area contributed by atoms with Crippen LogP contribution in [0.1, 0.15) is 27.7 Å². The molecule has 19 heavy (non-hydrogen) atoms. The van der Waals surface area contributed by atoms with Crippen molar-refractivity contribution in [3.63, 3.8) is 0 Å². The third-order valence-corrected chi connectivity index (χ3v) is 3.37. The number of aliphatic imine (C=N–C) groups is 1. The highest BCUT2D eigenvalue weighted by Crippen LogP contribution is 2.00. The summed E-state index contributed by atoms with van der Waals surface area (Å²) >= 11 is 0. The Balaban J connectivity index is 2.26. The molecule has 0 spiro atoms. The molecule has 5 heteroatoms. The van der Waals surface area contributed by atoms with Crippen LogP contribution in [0.3, 0.4) is 0 Å². The molecule has 1 fully saturated rings. The molecule has 0 saturated carbocycles. The summed E-state index contributed by atoms with van der Waals surface area (Å²) < 4.78 is 0. The monoisotopic (exact) mass is 269 g/mol. The van der Waals surface area contributed by atoms with Crippen LogP contribution >= 0.6 is 0 Å². The first-order chi connectivity index (χ1) is 9.15. The predicted molar refractivity (Wildman–Crippen MR) is 82.8 cm³/mol. The van der Waals surface area contributed by atoms with Gasteiger partial charge in [-0.25, -0.2) is 0 Å². The van der Waals surface area contributed by atoms with Crippen LogP contribution in [0.5, 0.6) is 0 Å². The average molecular weight is 269 g/mol. The number of likely N-dealkylation sites (N-methyl/N-ethyl adjacent to an activating group) is 1. The van der Waals surface area contributed by atoms with Gasteiger partial charge in [-0.2, -0.15) is 0 Å². The highest BCUT2D eigenvalue weighted by molar-refractivity contribution is 5.79. The van der Waals surface area contributed by atoms with Crippen LogP contribution in [0.25, 0.3) is 0 Å². The lowest BCUT2D eigenvalue weighted by Crippen LogP contribution is -2.47. The fourth-order valence-corrected chi connectivity index (χ4v) is 2.23. The first-order valence-electron chi connectivity index (χ1n) is 7.65. The fraction of sp³-hybridized carbons (Fsp3) is 0.929. The molecule has 112 valence electrons. The molecule has 0 atom stereocenters. The number of hydrogen-bond donors (Lipinski definition) is 2. The van der Waals surface area contributed by atoms with E-state index in [0.29, 0.717) is 6.04 Å². The molecule has 1 heterocycles. The molecular weight excluding hydrogens is 238 g/mol. The quantitative estimate of drug-likeness (QED) is 0.547. The Labute approximate surface area is 118 Å². The van der Waals surface area contributed by atoms with Crippen molar-refractivity contribution in [1.29, 1.82) is 0 Å². The zero-order chi connectivity index (χ0) is 14.1. The van der Waals surface area contributed by atoms with Crippen LogP contribution in [0.15, 0.2) is 4.99 Å². The van der Waals surface area contributed by atoms with Gasteiger partial charge in [0, 0.05) is 45.3 Å². The topological polar surface area (TPSA) is 42.9 Å². The van der Waals surface area contributed by atoms with Gasteiger partial charge in [-0.05, 0) is 27.3 Å². The molecule has 0 aliphatic carbocycles. The molecular formula is C14H31N5. The maximum absolute atomic E-state index is 4.63. The van der Waals surface area contributed by atoms with E-state index in [1.54, 1.807) is 0 Å². The van der Waals surface area contributed by atoms with Gasteiger partial charge < -0.3 is 15.5 Å². The number of nitrogens with zero attached hydrogens (tertiary/aromatic N) is 3. The molecule has 0 unspecified atom stereocenters. The van der Waals surface area contributed by atoms with E-state index in [2.05, 4.69) is 53.1 Å². The first kappa shape index (κ1) is 16.2. The van der Waals surface area contributed by atoms with Crippen LogP contribution in [-0.2, 0) is 0 Å². The summed E-state index contributed by atoms with van der Waals surface area (Å²) in [5.41, 5.74) is 0. The predicted octanol–water partition coefficient (Wildman–Crippen LogP) is 0.587. The second kappa shape index (κ2) is 9.15. The van der Waals surface area contributed by atoms with Crippen LogP contribution in [0.4, 0.5) is 0 Å². The van der Waals surface area contributed by atoms with Crippen molar-refractivity contribution in [1.82, 2.24) is 20.4 Å². The summed E-state index contributed by atoms with van der Waals surface area (Å²) in [6, 6.07) is 0.422. The van der Waals surface area contributed by atoms with Gasteiger partial charge in [0.25, 0.3) is 0 Å². The number of nitrogens with one attached hydrogen (secondary N) is 2. The first-order valence-corrected chi connectivity index (χ1v) is 7.65. The Morgan fingerprint density at radius 3 is 2.26 bits per heavy atom.